The van der Waals surface area contributed by atoms with Crippen molar-refractivity contribution < 1.29 is 14.3 Å². The summed E-state index contributed by atoms with van der Waals surface area (Å²) in [5.74, 6) is 0.577. The van der Waals surface area contributed by atoms with Crippen LogP contribution >= 0.6 is 11.6 Å². The molecule has 5 rings (SSSR count). The SMILES string of the molecule is Cc1cc(O)c(-c2n[nH]c3c2C(c2ccc(C(C)(C)C)cc2)N(Cc2ccco2)C3=O)cc1Cl. The second kappa shape index (κ2) is 8.06. The molecule has 1 aliphatic rings. The highest BCUT2D eigenvalue weighted by Gasteiger charge is 2.43. The fourth-order valence-corrected chi connectivity index (χ4v) is 4.67. The van der Waals surface area contributed by atoms with Crippen LogP contribution in [-0.4, -0.2) is 26.1 Å². The molecule has 0 bridgehead atoms. The molecule has 0 spiro atoms. The molecule has 1 aliphatic heterocycles. The first-order chi connectivity index (χ1) is 16.1. The van der Waals surface area contributed by atoms with Crippen molar-refractivity contribution in [1.29, 1.82) is 0 Å². The number of aromatic nitrogens is 2. The second-order valence-corrected chi connectivity index (χ2v) is 10.2. The summed E-state index contributed by atoms with van der Waals surface area (Å²) in [5.41, 5.74) is 5.04. The van der Waals surface area contributed by atoms with E-state index in [9.17, 15) is 9.90 Å². The van der Waals surface area contributed by atoms with Gasteiger partial charge in [0.05, 0.1) is 18.8 Å². The van der Waals surface area contributed by atoms with Gasteiger partial charge in [0.15, 0.2) is 0 Å². The number of aromatic hydroxyl groups is 1. The number of phenolic OH excluding ortho intramolecular Hbond substituents is 1. The number of halogens is 1. The van der Waals surface area contributed by atoms with Gasteiger partial charge in [-0.2, -0.15) is 5.10 Å². The number of hydrogen-bond acceptors (Lipinski definition) is 4. The summed E-state index contributed by atoms with van der Waals surface area (Å²) in [4.78, 5) is 15.3. The number of nitrogens with one attached hydrogen (secondary N) is 1. The van der Waals surface area contributed by atoms with Crippen LogP contribution < -0.4 is 0 Å². The van der Waals surface area contributed by atoms with Gasteiger partial charge in [-0.1, -0.05) is 56.6 Å². The zero-order valence-corrected chi connectivity index (χ0v) is 20.3. The number of amides is 1. The number of phenols is 1. The molecule has 34 heavy (non-hydrogen) atoms. The van der Waals surface area contributed by atoms with E-state index in [-0.39, 0.29) is 17.1 Å². The zero-order chi connectivity index (χ0) is 24.2. The number of carbonyl (C=O) groups is 1. The Balaban J connectivity index is 1.67. The number of rotatable bonds is 4. The summed E-state index contributed by atoms with van der Waals surface area (Å²) < 4.78 is 5.55. The highest BCUT2D eigenvalue weighted by atomic mass is 35.5. The van der Waals surface area contributed by atoms with Gasteiger partial charge in [-0.15, -0.1) is 0 Å². The number of benzene rings is 2. The summed E-state index contributed by atoms with van der Waals surface area (Å²) in [6, 6.07) is 14.9. The molecule has 1 unspecified atom stereocenters. The molecule has 2 aromatic heterocycles. The number of nitrogens with zero attached hydrogens (tertiary/aromatic N) is 2. The molecular weight excluding hydrogens is 450 g/mol. The third kappa shape index (κ3) is 3.68. The molecule has 2 N–H and O–H groups in total. The summed E-state index contributed by atoms with van der Waals surface area (Å²) in [7, 11) is 0. The highest BCUT2D eigenvalue weighted by molar-refractivity contribution is 6.31. The maximum absolute atomic E-state index is 13.5. The number of hydrogen-bond donors (Lipinski definition) is 2. The van der Waals surface area contributed by atoms with E-state index >= 15 is 0 Å². The van der Waals surface area contributed by atoms with Crippen LogP contribution in [0.15, 0.2) is 59.2 Å². The topological polar surface area (TPSA) is 82.4 Å². The van der Waals surface area contributed by atoms with E-state index in [0.717, 1.165) is 16.7 Å². The predicted octanol–water partition coefficient (Wildman–Crippen LogP) is 6.38. The van der Waals surface area contributed by atoms with Crippen molar-refractivity contribution in [2.75, 3.05) is 0 Å². The van der Waals surface area contributed by atoms with Crippen molar-refractivity contribution in [3.05, 3.63) is 93.5 Å². The lowest BCUT2D eigenvalue weighted by atomic mass is 9.85. The average molecular weight is 476 g/mol. The Kier molecular flexibility index (Phi) is 5.29. The van der Waals surface area contributed by atoms with E-state index in [1.165, 1.54) is 5.56 Å². The molecule has 0 saturated carbocycles. The van der Waals surface area contributed by atoms with E-state index in [1.54, 1.807) is 23.3 Å². The molecule has 0 aliphatic carbocycles. The number of furan rings is 1. The third-order valence-electron chi connectivity index (χ3n) is 6.39. The summed E-state index contributed by atoms with van der Waals surface area (Å²) in [6.45, 7) is 8.64. The molecule has 1 amide bonds. The molecule has 1 atom stereocenters. The number of aryl methyl sites for hydroxylation is 1. The van der Waals surface area contributed by atoms with Crippen molar-refractivity contribution in [1.82, 2.24) is 15.1 Å². The molecule has 7 heteroatoms. The molecule has 2 aromatic carbocycles. The Morgan fingerprint density at radius 1 is 1.18 bits per heavy atom. The Morgan fingerprint density at radius 3 is 2.56 bits per heavy atom. The van der Waals surface area contributed by atoms with Gasteiger partial charge in [0.1, 0.15) is 22.9 Å². The number of carbonyl (C=O) groups excluding carboxylic acids is 1. The van der Waals surface area contributed by atoms with Crippen LogP contribution in [-0.2, 0) is 12.0 Å². The Morgan fingerprint density at radius 2 is 1.91 bits per heavy atom. The van der Waals surface area contributed by atoms with Crippen molar-refractivity contribution in [3.8, 4) is 17.0 Å². The molecule has 4 aromatic rings. The molecule has 6 nitrogen and oxygen atoms in total. The third-order valence-corrected chi connectivity index (χ3v) is 6.80. The van der Waals surface area contributed by atoms with E-state index in [1.807, 2.05) is 19.1 Å². The summed E-state index contributed by atoms with van der Waals surface area (Å²) in [6.07, 6.45) is 1.60. The van der Waals surface area contributed by atoms with Crippen LogP contribution in [0.2, 0.25) is 5.02 Å². The standard InChI is InChI=1S/C27H26ClN3O3/c1-15-12-21(32)19(13-20(15)28)23-22-24(30-29-23)26(33)31(14-18-6-5-11-34-18)25(22)16-7-9-17(10-8-16)27(2,3)4/h5-13,25,32H,14H2,1-4H3,(H,29,30). The van der Waals surface area contributed by atoms with Crippen LogP contribution in [0.3, 0.4) is 0 Å². The van der Waals surface area contributed by atoms with Crippen molar-refractivity contribution in [2.24, 2.45) is 0 Å². The molecular formula is C27H26ClN3O3. The number of fused-ring (bicyclic) bond motifs is 1. The van der Waals surface area contributed by atoms with Crippen molar-refractivity contribution in [2.45, 2.75) is 45.7 Å². The molecule has 174 valence electrons. The maximum atomic E-state index is 13.5. The average Bonchev–Trinajstić information content (AvgIpc) is 3.50. The second-order valence-electron chi connectivity index (χ2n) is 9.77. The van der Waals surface area contributed by atoms with Crippen LogP contribution in [0, 0.1) is 6.92 Å². The molecule has 0 radical (unpaired) electrons. The summed E-state index contributed by atoms with van der Waals surface area (Å²) >= 11 is 6.38. The summed E-state index contributed by atoms with van der Waals surface area (Å²) in [5, 5.41) is 18.6. The first-order valence-electron chi connectivity index (χ1n) is 11.2. The fraction of sp³-hybridized carbons (Fsp3) is 0.259. The van der Waals surface area contributed by atoms with Gasteiger partial charge in [0.2, 0.25) is 0 Å². The quantitative estimate of drug-likeness (QED) is 0.358. The van der Waals surface area contributed by atoms with Gasteiger partial charge < -0.3 is 14.4 Å². The zero-order valence-electron chi connectivity index (χ0n) is 19.5. The van der Waals surface area contributed by atoms with Gasteiger partial charge in [-0.25, -0.2) is 0 Å². The lowest BCUT2D eigenvalue weighted by Crippen LogP contribution is -2.29. The van der Waals surface area contributed by atoms with E-state index in [4.69, 9.17) is 16.0 Å². The molecule has 0 fully saturated rings. The fourth-order valence-electron chi connectivity index (χ4n) is 4.50. The van der Waals surface area contributed by atoms with E-state index in [0.29, 0.717) is 34.3 Å². The maximum Gasteiger partial charge on any atom is 0.273 e. The smallest absolute Gasteiger partial charge is 0.273 e. The molecule has 3 heterocycles. The lowest BCUT2D eigenvalue weighted by molar-refractivity contribution is 0.0717. The molecule has 0 saturated heterocycles. The highest BCUT2D eigenvalue weighted by Crippen LogP contribution is 2.46. The van der Waals surface area contributed by atoms with Crippen LogP contribution in [0.4, 0.5) is 0 Å². The Hall–Kier alpha value is -3.51. The minimum atomic E-state index is -0.408. The van der Waals surface area contributed by atoms with Gasteiger partial charge >= 0.3 is 0 Å². The van der Waals surface area contributed by atoms with E-state index in [2.05, 4.69) is 55.2 Å². The van der Waals surface area contributed by atoms with Gasteiger partial charge in [0.25, 0.3) is 5.91 Å². The lowest BCUT2D eigenvalue weighted by Gasteiger charge is -2.27. The number of aromatic amines is 1. The minimum absolute atomic E-state index is 0.00821. The Bertz CT molecular complexity index is 1370. The van der Waals surface area contributed by atoms with Crippen LogP contribution in [0.1, 0.15) is 65.3 Å². The monoisotopic (exact) mass is 475 g/mol. The van der Waals surface area contributed by atoms with Crippen LogP contribution in [0.25, 0.3) is 11.3 Å². The van der Waals surface area contributed by atoms with Gasteiger partial charge in [-0.3, -0.25) is 9.89 Å². The predicted molar refractivity (Wildman–Crippen MR) is 131 cm³/mol. The van der Waals surface area contributed by atoms with Crippen molar-refractivity contribution >= 4 is 17.5 Å². The first-order valence-corrected chi connectivity index (χ1v) is 11.5. The minimum Gasteiger partial charge on any atom is -0.507 e. The van der Waals surface area contributed by atoms with Crippen LogP contribution in [0.5, 0.6) is 5.75 Å². The number of H-pyrrole nitrogens is 1. The van der Waals surface area contributed by atoms with Crippen molar-refractivity contribution in [3.63, 3.8) is 0 Å². The normalized spacial score (nSPS) is 15.7. The largest absolute Gasteiger partial charge is 0.507 e. The van der Waals surface area contributed by atoms with Gasteiger partial charge in [0, 0.05) is 16.1 Å². The van der Waals surface area contributed by atoms with Gasteiger partial charge in [-0.05, 0) is 53.3 Å². The van der Waals surface area contributed by atoms with E-state index < -0.39 is 6.04 Å². The first kappa shape index (κ1) is 22.3. The Labute approximate surface area is 203 Å².